The Morgan fingerprint density at radius 2 is 1.95 bits per heavy atom. The monoisotopic (exact) mass is 348 g/mol. The highest BCUT2D eigenvalue weighted by atomic mass is 79.9. The molecular weight excluding hydrogens is 328 g/mol. The molecule has 2 aromatic carbocycles. The molecule has 0 spiro atoms. The Morgan fingerprint density at radius 3 is 2.62 bits per heavy atom. The maximum Gasteiger partial charge on any atom is 0.119 e. The molecule has 0 amide bonds. The van der Waals surface area contributed by atoms with Crippen LogP contribution in [0.15, 0.2) is 53.0 Å². The highest BCUT2D eigenvalue weighted by Gasteiger charge is 2.17. The van der Waals surface area contributed by atoms with Gasteiger partial charge >= 0.3 is 0 Å². The van der Waals surface area contributed by atoms with Crippen molar-refractivity contribution < 1.29 is 4.74 Å². The number of nitrogens with two attached hydrogens (primary N) is 1. The van der Waals surface area contributed by atoms with Gasteiger partial charge in [0.25, 0.3) is 0 Å². The van der Waals surface area contributed by atoms with Crippen LogP contribution in [0.5, 0.6) is 5.75 Å². The largest absolute Gasteiger partial charge is 0.497 e. The van der Waals surface area contributed by atoms with Gasteiger partial charge in [-0.2, -0.15) is 0 Å². The van der Waals surface area contributed by atoms with E-state index in [1.54, 1.807) is 7.11 Å². The number of nitrogens with zero attached hydrogens (tertiary/aromatic N) is 1. The minimum atomic E-state index is 0.173. The minimum Gasteiger partial charge on any atom is -0.497 e. The van der Waals surface area contributed by atoms with Crippen LogP contribution in [0, 0.1) is 0 Å². The third-order valence-electron chi connectivity index (χ3n) is 3.59. The first kappa shape index (κ1) is 16.0. The van der Waals surface area contributed by atoms with E-state index in [9.17, 15) is 0 Å². The van der Waals surface area contributed by atoms with E-state index in [-0.39, 0.29) is 6.04 Å². The fraction of sp³-hybridized carbons (Fsp3) is 0.294. The first-order valence-electron chi connectivity index (χ1n) is 6.93. The molecule has 0 saturated heterocycles. The summed E-state index contributed by atoms with van der Waals surface area (Å²) in [4.78, 5) is 2.26. The lowest BCUT2D eigenvalue weighted by molar-refractivity contribution is 0.241. The van der Waals surface area contributed by atoms with E-state index in [2.05, 4.69) is 52.1 Å². The SMILES string of the molecule is COc1cccc(CN(C)C(CN)c2ccccc2Br)c1. The van der Waals surface area contributed by atoms with Crippen molar-refractivity contribution in [1.29, 1.82) is 0 Å². The van der Waals surface area contributed by atoms with E-state index in [1.807, 2.05) is 24.3 Å². The van der Waals surface area contributed by atoms with Crippen molar-refractivity contribution in [2.45, 2.75) is 12.6 Å². The smallest absolute Gasteiger partial charge is 0.119 e. The van der Waals surface area contributed by atoms with Crippen LogP contribution in [-0.2, 0) is 6.54 Å². The summed E-state index contributed by atoms with van der Waals surface area (Å²) >= 11 is 3.61. The van der Waals surface area contributed by atoms with E-state index in [0.29, 0.717) is 6.54 Å². The number of ether oxygens (including phenoxy) is 1. The number of hydrogen-bond donors (Lipinski definition) is 1. The van der Waals surface area contributed by atoms with Crippen molar-refractivity contribution in [3.63, 3.8) is 0 Å². The van der Waals surface area contributed by atoms with E-state index in [0.717, 1.165) is 16.8 Å². The second kappa shape index (κ2) is 7.59. The molecule has 2 aromatic rings. The fourth-order valence-corrected chi connectivity index (χ4v) is 3.01. The maximum absolute atomic E-state index is 6.00. The Hall–Kier alpha value is -1.36. The van der Waals surface area contributed by atoms with Crippen LogP contribution in [0.2, 0.25) is 0 Å². The van der Waals surface area contributed by atoms with Crippen LogP contribution in [0.4, 0.5) is 0 Å². The molecule has 0 radical (unpaired) electrons. The third kappa shape index (κ3) is 4.06. The van der Waals surface area contributed by atoms with Gasteiger partial charge in [-0.05, 0) is 36.4 Å². The highest BCUT2D eigenvalue weighted by molar-refractivity contribution is 9.10. The molecule has 0 aliphatic heterocycles. The molecular formula is C17H21BrN2O. The van der Waals surface area contributed by atoms with E-state index < -0.39 is 0 Å². The van der Waals surface area contributed by atoms with Crippen molar-refractivity contribution in [2.24, 2.45) is 5.73 Å². The first-order valence-corrected chi connectivity index (χ1v) is 7.72. The van der Waals surface area contributed by atoms with Gasteiger partial charge in [-0.15, -0.1) is 0 Å². The van der Waals surface area contributed by atoms with Crippen LogP contribution >= 0.6 is 15.9 Å². The first-order chi connectivity index (χ1) is 10.2. The van der Waals surface area contributed by atoms with Crippen molar-refractivity contribution in [2.75, 3.05) is 20.7 Å². The average molecular weight is 349 g/mol. The van der Waals surface area contributed by atoms with Crippen LogP contribution in [0.25, 0.3) is 0 Å². The Kier molecular flexibility index (Phi) is 5.79. The van der Waals surface area contributed by atoms with Gasteiger partial charge in [-0.25, -0.2) is 0 Å². The van der Waals surface area contributed by atoms with E-state index >= 15 is 0 Å². The van der Waals surface area contributed by atoms with Crippen LogP contribution in [-0.4, -0.2) is 25.6 Å². The fourth-order valence-electron chi connectivity index (χ4n) is 2.46. The lowest BCUT2D eigenvalue weighted by atomic mass is 10.0. The van der Waals surface area contributed by atoms with Crippen molar-refractivity contribution in [1.82, 2.24) is 4.90 Å². The Morgan fingerprint density at radius 1 is 1.19 bits per heavy atom. The highest BCUT2D eigenvalue weighted by Crippen LogP contribution is 2.27. The maximum atomic E-state index is 6.00. The number of benzene rings is 2. The van der Waals surface area contributed by atoms with Crippen molar-refractivity contribution >= 4 is 15.9 Å². The summed E-state index contributed by atoms with van der Waals surface area (Å²) in [5.74, 6) is 0.881. The number of hydrogen-bond acceptors (Lipinski definition) is 3. The molecule has 2 rings (SSSR count). The summed E-state index contributed by atoms with van der Waals surface area (Å²) in [5.41, 5.74) is 8.42. The molecule has 4 heteroatoms. The van der Waals surface area contributed by atoms with Gasteiger partial charge < -0.3 is 10.5 Å². The molecule has 112 valence electrons. The van der Waals surface area contributed by atoms with Crippen LogP contribution < -0.4 is 10.5 Å². The predicted molar refractivity (Wildman–Crippen MR) is 90.4 cm³/mol. The lowest BCUT2D eigenvalue weighted by Crippen LogP contribution is -2.30. The van der Waals surface area contributed by atoms with Gasteiger partial charge in [0.1, 0.15) is 5.75 Å². The lowest BCUT2D eigenvalue weighted by Gasteiger charge is -2.28. The summed E-state index contributed by atoms with van der Waals surface area (Å²) in [7, 11) is 3.78. The van der Waals surface area contributed by atoms with Crippen molar-refractivity contribution in [3.05, 3.63) is 64.1 Å². The zero-order valence-electron chi connectivity index (χ0n) is 12.4. The Bertz CT molecular complexity index is 589. The zero-order valence-corrected chi connectivity index (χ0v) is 14.0. The molecule has 2 N–H and O–H groups in total. The van der Waals surface area contributed by atoms with E-state index in [4.69, 9.17) is 10.5 Å². The number of methoxy groups -OCH3 is 1. The molecule has 0 saturated carbocycles. The van der Waals surface area contributed by atoms with Crippen molar-refractivity contribution in [3.8, 4) is 5.75 Å². The van der Waals surface area contributed by atoms with E-state index in [1.165, 1.54) is 11.1 Å². The molecule has 0 aliphatic rings. The standard InChI is InChI=1S/C17H21BrN2O/c1-20(12-13-6-5-7-14(10-13)21-2)17(11-19)15-8-3-4-9-16(15)18/h3-10,17H,11-12,19H2,1-2H3. The quantitative estimate of drug-likeness (QED) is 0.866. The average Bonchev–Trinajstić information content (AvgIpc) is 2.50. The molecule has 0 aliphatic carbocycles. The summed E-state index contributed by atoms with van der Waals surface area (Å²) in [6.07, 6.45) is 0. The molecule has 0 fully saturated rings. The topological polar surface area (TPSA) is 38.5 Å². The number of halogens is 1. The Labute approximate surface area is 134 Å². The van der Waals surface area contributed by atoms with Gasteiger partial charge in [0.05, 0.1) is 7.11 Å². The summed E-state index contributed by atoms with van der Waals surface area (Å²) in [6.45, 7) is 1.39. The summed E-state index contributed by atoms with van der Waals surface area (Å²) < 4.78 is 6.37. The van der Waals surface area contributed by atoms with Crippen LogP contribution in [0.1, 0.15) is 17.2 Å². The molecule has 1 atom stereocenters. The van der Waals surface area contributed by atoms with Gasteiger partial charge in [0.2, 0.25) is 0 Å². The third-order valence-corrected chi connectivity index (χ3v) is 4.31. The minimum absolute atomic E-state index is 0.173. The molecule has 0 heterocycles. The molecule has 1 unspecified atom stereocenters. The van der Waals surface area contributed by atoms with Gasteiger partial charge in [-0.1, -0.05) is 46.3 Å². The van der Waals surface area contributed by atoms with Gasteiger partial charge in [0, 0.05) is 23.6 Å². The Balaban J connectivity index is 2.17. The summed E-state index contributed by atoms with van der Waals surface area (Å²) in [5, 5.41) is 0. The molecule has 0 bridgehead atoms. The second-order valence-electron chi connectivity index (χ2n) is 5.04. The predicted octanol–water partition coefficient (Wildman–Crippen LogP) is 3.59. The summed E-state index contributed by atoms with van der Waals surface area (Å²) in [6, 6.07) is 16.5. The zero-order chi connectivity index (χ0) is 15.2. The normalized spacial score (nSPS) is 12.4. The molecule has 21 heavy (non-hydrogen) atoms. The molecule has 0 aromatic heterocycles. The number of rotatable bonds is 6. The van der Waals surface area contributed by atoms with Gasteiger partial charge in [-0.3, -0.25) is 4.90 Å². The molecule has 3 nitrogen and oxygen atoms in total. The van der Waals surface area contributed by atoms with Gasteiger partial charge in [0.15, 0.2) is 0 Å². The second-order valence-corrected chi connectivity index (χ2v) is 5.89. The number of likely N-dealkylation sites (N-methyl/N-ethyl adjacent to an activating group) is 1. The van der Waals surface area contributed by atoms with Crippen LogP contribution in [0.3, 0.4) is 0 Å².